The van der Waals surface area contributed by atoms with Crippen molar-refractivity contribution in [3.8, 4) is 0 Å². The Kier molecular flexibility index (Phi) is 5.56. The van der Waals surface area contributed by atoms with Gasteiger partial charge in [0.05, 0.1) is 17.3 Å². The molecule has 0 aromatic heterocycles. The number of nitrogens with zero attached hydrogens (tertiary/aromatic N) is 1. The number of anilines is 1. The fourth-order valence-corrected chi connectivity index (χ4v) is 2.08. The summed E-state index contributed by atoms with van der Waals surface area (Å²) in [6, 6.07) is 5.10. The Morgan fingerprint density at radius 2 is 2.05 bits per heavy atom. The molecule has 0 fully saturated rings. The third-order valence-corrected chi connectivity index (χ3v) is 3.87. The highest BCUT2D eigenvalue weighted by Gasteiger charge is 2.33. The number of carbonyl (C=O) groups excluding carboxylic acids is 1. The Hall–Kier alpha value is -1.11. The van der Waals surface area contributed by atoms with Gasteiger partial charge in [-0.15, -0.1) is 0 Å². The molecule has 1 amide bonds. The van der Waals surface area contributed by atoms with Crippen LogP contribution in [0.15, 0.2) is 22.7 Å². The van der Waals surface area contributed by atoms with E-state index >= 15 is 0 Å². The first-order chi connectivity index (χ1) is 9.14. The molecule has 0 aliphatic rings. The number of likely N-dealkylation sites (N-methyl/N-ethyl adjacent to an activating group) is 1. The Morgan fingerprint density at radius 1 is 1.45 bits per heavy atom. The lowest BCUT2D eigenvalue weighted by atomic mass is 10.0. The number of nitrogens with one attached hydrogen (secondary N) is 1. The number of halogens is 2. The maximum Gasteiger partial charge on any atom is 0.323 e. The molecular weight excluding hydrogens is 348 g/mol. The maximum absolute atomic E-state index is 11.9. The van der Waals surface area contributed by atoms with E-state index in [-0.39, 0.29) is 12.5 Å². The van der Waals surface area contributed by atoms with Crippen molar-refractivity contribution in [1.29, 1.82) is 0 Å². The summed E-state index contributed by atoms with van der Waals surface area (Å²) in [6.45, 7) is 3.02. The first kappa shape index (κ1) is 16.9. The van der Waals surface area contributed by atoms with Crippen molar-refractivity contribution in [2.24, 2.45) is 0 Å². The second-order valence-electron chi connectivity index (χ2n) is 4.89. The SMILES string of the molecule is CN(CC(=O)Nc1ccc(Br)cc1Cl)C(C)(C)C(=O)O. The molecular formula is C13H16BrClN2O3. The van der Waals surface area contributed by atoms with Crippen molar-refractivity contribution in [2.75, 3.05) is 18.9 Å². The Bertz CT molecular complexity index is 534. The molecule has 0 atom stereocenters. The van der Waals surface area contributed by atoms with Crippen LogP contribution >= 0.6 is 27.5 Å². The number of amides is 1. The molecule has 1 aromatic carbocycles. The van der Waals surface area contributed by atoms with Gasteiger partial charge in [0.1, 0.15) is 5.54 Å². The van der Waals surface area contributed by atoms with Gasteiger partial charge in [-0.05, 0) is 39.1 Å². The number of hydrogen-bond acceptors (Lipinski definition) is 3. The molecule has 2 N–H and O–H groups in total. The summed E-state index contributed by atoms with van der Waals surface area (Å²) in [5.41, 5.74) is -0.637. The number of carbonyl (C=O) groups is 2. The van der Waals surface area contributed by atoms with Gasteiger partial charge in [-0.25, -0.2) is 0 Å². The van der Waals surface area contributed by atoms with Gasteiger partial charge in [0.25, 0.3) is 0 Å². The van der Waals surface area contributed by atoms with Crippen molar-refractivity contribution in [3.63, 3.8) is 0 Å². The first-order valence-corrected chi connectivity index (χ1v) is 7.01. The number of carboxylic acid groups (broad SMARTS) is 1. The van der Waals surface area contributed by atoms with Gasteiger partial charge in [-0.3, -0.25) is 14.5 Å². The average molecular weight is 364 g/mol. The molecule has 7 heteroatoms. The summed E-state index contributed by atoms with van der Waals surface area (Å²) in [4.78, 5) is 24.5. The molecule has 0 aliphatic carbocycles. The van der Waals surface area contributed by atoms with E-state index in [0.29, 0.717) is 10.7 Å². The minimum absolute atomic E-state index is 0.0499. The number of benzene rings is 1. The standard InChI is InChI=1S/C13H16BrClN2O3/c1-13(2,12(19)20)17(3)7-11(18)16-10-5-4-8(14)6-9(10)15/h4-6H,7H2,1-3H3,(H,16,18)(H,19,20). The van der Waals surface area contributed by atoms with Gasteiger partial charge < -0.3 is 10.4 Å². The molecule has 0 unspecified atom stereocenters. The summed E-state index contributed by atoms with van der Waals surface area (Å²) in [5, 5.41) is 12.2. The number of hydrogen-bond donors (Lipinski definition) is 2. The molecule has 0 saturated heterocycles. The quantitative estimate of drug-likeness (QED) is 0.844. The molecule has 0 saturated carbocycles. The zero-order valence-corrected chi connectivity index (χ0v) is 13.7. The molecule has 0 radical (unpaired) electrons. The average Bonchev–Trinajstić information content (AvgIpc) is 2.32. The molecule has 1 aromatic rings. The van der Waals surface area contributed by atoms with Crippen molar-refractivity contribution >= 4 is 45.1 Å². The summed E-state index contributed by atoms with van der Waals surface area (Å²) in [7, 11) is 1.58. The van der Waals surface area contributed by atoms with Crippen LogP contribution in [-0.4, -0.2) is 41.0 Å². The van der Waals surface area contributed by atoms with E-state index in [1.165, 1.54) is 18.7 Å². The highest BCUT2D eigenvalue weighted by molar-refractivity contribution is 9.10. The summed E-state index contributed by atoms with van der Waals surface area (Å²) < 4.78 is 0.810. The summed E-state index contributed by atoms with van der Waals surface area (Å²) >= 11 is 9.27. The second kappa shape index (κ2) is 6.56. The van der Waals surface area contributed by atoms with E-state index in [9.17, 15) is 9.59 Å². The fraction of sp³-hybridized carbons (Fsp3) is 0.385. The topological polar surface area (TPSA) is 69.6 Å². The van der Waals surface area contributed by atoms with Gasteiger partial charge in [0, 0.05) is 4.47 Å². The molecule has 0 heterocycles. The number of aliphatic carboxylic acids is 1. The van der Waals surface area contributed by atoms with Crippen LogP contribution in [0.25, 0.3) is 0 Å². The van der Waals surface area contributed by atoms with Crippen molar-refractivity contribution in [1.82, 2.24) is 4.90 Å². The van der Waals surface area contributed by atoms with Crippen LogP contribution in [0, 0.1) is 0 Å². The van der Waals surface area contributed by atoms with Crippen LogP contribution in [0.2, 0.25) is 5.02 Å². The van der Waals surface area contributed by atoms with E-state index in [1.807, 2.05) is 0 Å². The van der Waals surface area contributed by atoms with Crippen LogP contribution in [0.5, 0.6) is 0 Å². The van der Waals surface area contributed by atoms with E-state index in [0.717, 1.165) is 4.47 Å². The largest absolute Gasteiger partial charge is 0.480 e. The monoisotopic (exact) mass is 362 g/mol. The molecule has 0 aliphatic heterocycles. The normalized spacial score (nSPS) is 11.5. The lowest BCUT2D eigenvalue weighted by Gasteiger charge is -2.30. The minimum Gasteiger partial charge on any atom is -0.480 e. The second-order valence-corrected chi connectivity index (χ2v) is 6.22. The van der Waals surface area contributed by atoms with Crippen LogP contribution in [0.1, 0.15) is 13.8 Å². The van der Waals surface area contributed by atoms with Crippen LogP contribution < -0.4 is 5.32 Å². The van der Waals surface area contributed by atoms with E-state index in [2.05, 4.69) is 21.2 Å². The lowest BCUT2D eigenvalue weighted by Crippen LogP contribution is -2.50. The highest BCUT2D eigenvalue weighted by atomic mass is 79.9. The molecule has 5 nitrogen and oxygen atoms in total. The highest BCUT2D eigenvalue weighted by Crippen LogP contribution is 2.25. The van der Waals surface area contributed by atoms with Gasteiger partial charge in [-0.1, -0.05) is 27.5 Å². The third-order valence-electron chi connectivity index (χ3n) is 3.06. The van der Waals surface area contributed by atoms with E-state index < -0.39 is 11.5 Å². The van der Waals surface area contributed by atoms with Gasteiger partial charge in [0.2, 0.25) is 5.91 Å². The van der Waals surface area contributed by atoms with E-state index in [4.69, 9.17) is 16.7 Å². The van der Waals surface area contributed by atoms with Crippen LogP contribution in [-0.2, 0) is 9.59 Å². The Balaban J connectivity index is 2.71. The van der Waals surface area contributed by atoms with Crippen molar-refractivity contribution < 1.29 is 14.7 Å². The van der Waals surface area contributed by atoms with Crippen LogP contribution in [0.3, 0.4) is 0 Å². The predicted molar refractivity (Wildman–Crippen MR) is 82.1 cm³/mol. The van der Waals surface area contributed by atoms with Gasteiger partial charge in [0.15, 0.2) is 0 Å². The molecule has 20 heavy (non-hydrogen) atoms. The van der Waals surface area contributed by atoms with Gasteiger partial charge in [-0.2, -0.15) is 0 Å². The Morgan fingerprint density at radius 3 is 2.55 bits per heavy atom. The minimum atomic E-state index is -1.12. The fourth-order valence-electron chi connectivity index (χ4n) is 1.36. The predicted octanol–water partition coefficient (Wildman–Crippen LogP) is 2.84. The maximum atomic E-state index is 11.9. The van der Waals surface area contributed by atoms with Crippen molar-refractivity contribution in [3.05, 3.63) is 27.7 Å². The number of rotatable bonds is 5. The summed E-state index contributed by atoms with van der Waals surface area (Å²) in [6.07, 6.45) is 0. The Labute approximate surface area is 131 Å². The lowest BCUT2D eigenvalue weighted by molar-refractivity contribution is -0.148. The molecule has 0 bridgehead atoms. The van der Waals surface area contributed by atoms with E-state index in [1.54, 1.807) is 25.2 Å². The summed E-state index contributed by atoms with van der Waals surface area (Å²) in [5.74, 6) is -1.32. The molecule has 110 valence electrons. The smallest absolute Gasteiger partial charge is 0.323 e. The number of carboxylic acids is 1. The van der Waals surface area contributed by atoms with Crippen molar-refractivity contribution in [2.45, 2.75) is 19.4 Å². The zero-order valence-electron chi connectivity index (χ0n) is 11.4. The first-order valence-electron chi connectivity index (χ1n) is 5.84. The van der Waals surface area contributed by atoms with Crippen LogP contribution in [0.4, 0.5) is 5.69 Å². The third kappa shape index (κ3) is 4.19. The zero-order chi connectivity index (χ0) is 15.5. The molecule has 1 rings (SSSR count). The molecule has 0 spiro atoms. The van der Waals surface area contributed by atoms with Gasteiger partial charge >= 0.3 is 5.97 Å².